The van der Waals surface area contributed by atoms with Gasteiger partial charge in [-0.05, 0) is 31.0 Å². The summed E-state index contributed by atoms with van der Waals surface area (Å²) in [6, 6.07) is 4.74. The van der Waals surface area contributed by atoms with E-state index < -0.39 is 11.9 Å². The molecule has 102 valence electrons. The van der Waals surface area contributed by atoms with Crippen LogP contribution < -0.4 is 10.6 Å². The van der Waals surface area contributed by atoms with Gasteiger partial charge in [0.15, 0.2) is 0 Å². The van der Waals surface area contributed by atoms with Crippen LogP contribution in [0.5, 0.6) is 0 Å². The molecule has 2 rings (SSSR count). The van der Waals surface area contributed by atoms with Gasteiger partial charge < -0.3 is 15.7 Å². The molecule has 1 unspecified atom stereocenters. The van der Waals surface area contributed by atoms with Crippen molar-refractivity contribution in [2.45, 2.75) is 25.3 Å². The van der Waals surface area contributed by atoms with Gasteiger partial charge in [0.2, 0.25) is 0 Å². The van der Waals surface area contributed by atoms with E-state index in [2.05, 4.69) is 0 Å². The summed E-state index contributed by atoms with van der Waals surface area (Å²) in [5.41, 5.74) is 6.36. The summed E-state index contributed by atoms with van der Waals surface area (Å²) in [7, 11) is 0. The maximum absolute atomic E-state index is 11.5. The summed E-state index contributed by atoms with van der Waals surface area (Å²) in [6.07, 6.45) is 1.73. The molecule has 0 bridgehead atoms. The number of anilines is 1. The lowest BCUT2D eigenvalue weighted by atomic mass is 10.1. The Hall–Kier alpha value is -1.75. The lowest BCUT2D eigenvalue weighted by Crippen LogP contribution is -2.33. The van der Waals surface area contributed by atoms with E-state index in [4.69, 9.17) is 22.4 Å². The molecule has 1 heterocycles. The van der Waals surface area contributed by atoms with E-state index in [9.17, 15) is 9.59 Å². The molecule has 0 radical (unpaired) electrons. The number of carbonyl (C=O) groups is 2. The summed E-state index contributed by atoms with van der Waals surface area (Å²) < 4.78 is 0. The number of nitrogens with zero attached hydrogens (tertiary/aromatic N) is 1. The number of halogens is 1. The van der Waals surface area contributed by atoms with Gasteiger partial charge in [-0.1, -0.05) is 11.6 Å². The molecule has 1 aliphatic heterocycles. The van der Waals surface area contributed by atoms with Crippen LogP contribution in [0.3, 0.4) is 0 Å². The normalized spacial score (nSPS) is 18.6. The van der Waals surface area contributed by atoms with Crippen molar-refractivity contribution in [3.63, 3.8) is 0 Å². The van der Waals surface area contributed by atoms with Crippen LogP contribution in [0.1, 0.15) is 29.6 Å². The third-order valence-electron chi connectivity index (χ3n) is 3.32. The summed E-state index contributed by atoms with van der Waals surface area (Å²) >= 11 is 5.96. The number of carboxylic acids is 1. The zero-order chi connectivity index (χ0) is 14.0. The van der Waals surface area contributed by atoms with E-state index >= 15 is 0 Å². The van der Waals surface area contributed by atoms with E-state index in [0.717, 1.165) is 12.8 Å². The number of carboxylic acid groups (broad SMARTS) is 1. The van der Waals surface area contributed by atoms with Crippen molar-refractivity contribution in [2.24, 2.45) is 5.73 Å². The van der Waals surface area contributed by atoms with Crippen LogP contribution in [0.15, 0.2) is 18.2 Å². The Balaban J connectivity index is 2.36. The van der Waals surface area contributed by atoms with Crippen molar-refractivity contribution in [1.82, 2.24) is 0 Å². The first-order valence-electron chi connectivity index (χ1n) is 6.07. The number of primary amides is 1. The second kappa shape index (κ2) is 5.48. The largest absolute Gasteiger partial charge is 0.481 e. The highest BCUT2D eigenvalue weighted by atomic mass is 35.5. The van der Waals surface area contributed by atoms with Gasteiger partial charge in [-0.3, -0.25) is 9.59 Å². The van der Waals surface area contributed by atoms with Gasteiger partial charge in [0.1, 0.15) is 0 Å². The SMILES string of the molecule is NC(=O)c1ccc(Cl)cc1N1CCCC1CC(=O)O. The van der Waals surface area contributed by atoms with Gasteiger partial charge in [0.05, 0.1) is 17.7 Å². The summed E-state index contributed by atoms with van der Waals surface area (Å²) in [4.78, 5) is 24.2. The first-order valence-corrected chi connectivity index (χ1v) is 6.44. The molecule has 0 aromatic heterocycles. The molecule has 5 nitrogen and oxygen atoms in total. The Labute approximate surface area is 116 Å². The van der Waals surface area contributed by atoms with E-state index in [1.54, 1.807) is 18.2 Å². The maximum Gasteiger partial charge on any atom is 0.305 e. The summed E-state index contributed by atoms with van der Waals surface area (Å²) in [5.74, 6) is -1.38. The average Bonchev–Trinajstić information content (AvgIpc) is 2.75. The fourth-order valence-electron chi connectivity index (χ4n) is 2.52. The third-order valence-corrected chi connectivity index (χ3v) is 3.56. The van der Waals surface area contributed by atoms with Crippen molar-refractivity contribution in [2.75, 3.05) is 11.4 Å². The van der Waals surface area contributed by atoms with Gasteiger partial charge in [0, 0.05) is 17.6 Å². The molecule has 1 saturated heterocycles. The highest BCUT2D eigenvalue weighted by molar-refractivity contribution is 6.31. The fourth-order valence-corrected chi connectivity index (χ4v) is 2.68. The van der Waals surface area contributed by atoms with Crippen LogP contribution in [0.2, 0.25) is 5.02 Å². The first kappa shape index (κ1) is 13.7. The molecule has 6 heteroatoms. The number of rotatable bonds is 4. The highest BCUT2D eigenvalue weighted by Gasteiger charge is 2.29. The number of nitrogens with two attached hydrogens (primary N) is 1. The second-order valence-electron chi connectivity index (χ2n) is 4.61. The molecule has 1 atom stereocenters. The smallest absolute Gasteiger partial charge is 0.305 e. The lowest BCUT2D eigenvalue weighted by Gasteiger charge is -2.27. The number of benzene rings is 1. The number of aliphatic carboxylic acids is 1. The maximum atomic E-state index is 11.5. The van der Waals surface area contributed by atoms with Crippen LogP contribution in [0.25, 0.3) is 0 Å². The quantitative estimate of drug-likeness (QED) is 0.883. The van der Waals surface area contributed by atoms with Crippen molar-refractivity contribution >= 4 is 29.2 Å². The Morgan fingerprint density at radius 3 is 2.84 bits per heavy atom. The molecule has 19 heavy (non-hydrogen) atoms. The molecule has 1 fully saturated rings. The predicted octanol–water partition coefficient (Wildman–Crippen LogP) is 1.88. The number of hydrogen-bond donors (Lipinski definition) is 2. The molecular formula is C13H15ClN2O3. The molecule has 1 aromatic carbocycles. The number of hydrogen-bond acceptors (Lipinski definition) is 3. The molecule has 0 aliphatic carbocycles. The van der Waals surface area contributed by atoms with E-state index in [1.165, 1.54) is 0 Å². The van der Waals surface area contributed by atoms with E-state index in [0.29, 0.717) is 22.8 Å². The van der Waals surface area contributed by atoms with Crippen LogP contribution in [0, 0.1) is 0 Å². The van der Waals surface area contributed by atoms with Crippen LogP contribution in [-0.4, -0.2) is 29.6 Å². The second-order valence-corrected chi connectivity index (χ2v) is 5.05. The Morgan fingerprint density at radius 1 is 1.47 bits per heavy atom. The Kier molecular flexibility index (Phi) is 3.95. The topological polar surface area (TPSA) is 83.6 Å². The van der Waals surface area contributed by atoms with Gasteiger partial charge in [-0.25, -0.2) is 0 Å². The lowest BCUT2D eigenvalue weighted by molar-refractivity contribution is -0.137. The molecule has 0 spiro atoms. The molecule has 1 aromatic rings. The van der Waals surface area contributed by atoms with Crippen molar-refractivity contribution in [1.29, 1.82) is 0 Å². The van der Waals surface area contributed by atoms with E-state index in [1.807, 2.05) is 4.90 Å². The van der Waals surface area contributed by atoms with Crippen LogP contribution in [-0.2, 0) is 4.79 Å². The van der Waals surface area contributed by atoms with Crippen LogP contribution >= 0.6 is 11.6 Å². The van der Waals surface area contributed by atoms with E-state index in [-0.39, 0.29) is 12.5 Å². The highest BCUT2D eigenvalue weighted by Crippen LogP contribution is 2.32. The zero-order valence-corrected chi connectivity index (χ0v) is 11.1. The van der Waals surface area contributed by atoms with Gasteiger partial charge in [-0.2, -0.15) is 0 Å². The summed E-state index contributed by atoms with van der Waals surface area (Å²) in [5, 5.41) is 9.43. The minimum Gasteiger partial charge on any atom is -0.481 e. The molecule has 1 aliphatic rings. The summed E-state index contributed by atoms with van der Waals surface area (Å²) in [6.45, 7) is 0.707. The fraction of sp³-hybridized carbons (Fsp3) is 0.385. The third kappa shape index (κ3) is 2.98. The predicted molar refractivity (Wildman–Crippen MR) is 72.6 cm³/mol. The molecule has 0 saturated carbocycles. The van der Waals surface area contributed by atoms with Crippen molar-refractivity contribution in [3.05, 3.63) is 28.8 Å². The van der Waals surface area contributed by atoms with Gasteiger partial charge in [0.25, 0.3) is 5.91 Å². The molecule has 1 amide bonds. The first-order chi connectivity index (χ1) is 8.99. The standard InChI is InChI=1S/C13H15ClN2O3/c14-8-3-4-10(13(15)19)11(6-8)16-5-1-2-9(16)7-12(17)18/h3-4,6,9H,1-2,5,7H2,(H2,15,19)(H,17,18). The monoisotopic (exact) mass is 282 g/mol. The Morgan fingerprint density at radius 2 is 2.21 bits per heavy atom. The molecular weight excluding hydrogens is 268 g/mol. The van der Waals surface area contributed by atoms with Crippen LogP contribution in [0.4, 0.5) is 5.69 Å². The minimum atomic E-state index is -0.848. The number of amides is 1. The molecule has 3 N–H and O–H groups in total. The minimum absolute atomic E-state index is 0.0463. The van der Waals surface area contributed by atoms with Gasteiger partial charge >= 0.3 is 5.97 Å². The van der Waals surface area contributed by atoms with Crippen molar-refractivity contribution in [3.8, 4) is 0 Å². The van der Waals surface area contributed by atoms with Crippen molar-refractivity contribution < 1.29 is 14.7 Å². The number of carbonyl (C=O) groups excluding carboxylic acids is 1. The zero-order valence-electron chi connectivity index (χ0n) is 10.3. The van der Waals surface area contributed by atoms with Gasteiger partial charge in [-0.15, -0.1) is 0 Å². The Bertz CT molecular complexity index is 519. The average molecular weight is 283 g/mol.